The van der Waals surface area contributed by atoms with Crippen LogP contribution in [0.2, 0.25) is 0 Å². The topological polar surface area (TPSA) is 68.1 Å². The van der Waals surface area contributed by atoms with Gasteiger partial charge in [0, 0.05) is 23.2 Å². The van der Waals surface area contributed by atoms with E-state index in [1.807, 2.05) is 36.5 Å². The first-order valence-corrected chi connectivity index (χ1v) is 6.99. The van der Waals surface area contributed by atoms with Crippen LogP contribution in [0.15, 0.2) is 60.8 Å². The van der Waals surface area contributed by atoms with Gasteiger partial charge in [-0.15, -0.1) is 0 Å². The number of H-pyrrole nitrogens is 1. The molecule has 1 heterocycles. The molecule has 0 spiro atoms. The van der Waals surface area contributed by atoms with Gasteiger partial charge in [0.2, 0.25) is 0 Å². The first-order valence-electron chi connectivity index (χ1n) is 6.99. The predicted molar refractivity (Wildman–Crippen MR) is 86.9 cm³/mol. The summed E-state index contributed by atoms with van der Waals surface area (Å²) in [6.07, 6.45) is 5.89. The normalized spacial score (nSPS) is 11.1. The first-order chi connectivity index (χ1) is 10.8. The van der Waals surface area contributed by atoms with Crippen LogP contribution in [-0.2, 0) is 16.1 Å². The van der Waals surface area contributed by atoms with Gasteiger partial charge in [0.1, 0.15) is 0 Å². The lowest BCUT2D eigenvalue weighted by atomic mass is 10.0. The average Bonchev–Trinajstić information content (AvgIpc) is 2.96. The Labute approximate surface area is 128 Å². The van der Waals surface area contributed by atoms with Gasteiger partial charge in [-0.05, 0) is 35.3 Å². The summed E-state index contributed by atoms with van der Waals surface area (Å²) in [7, 11) is 0. The van der Waals surface area contributed by atoms with Crippen molar-refractivity contribution in [3.05, 3.63) is 77.5 Å². The van der Waals surface area contributed by atoms with E-state index in [4.69, 9.17) is 5.90 Å². The second-order valence-electron chi connectivity index (χ2n) is 5.05. The molecule has 0 aliphatic heterocycles. The minimum absolute atomic E-state index is 0.573. The van der Waals surface area contributed by atoms with Crippen molar-refractivity contribution in [1.82, 2.24) is 4.98 Å². The lowest BCUT2D eigenvalue weighted by molar-refractivity contribution is -0.138. The number of rotatable bonds is 4. The van der Waals surface area contributed by atoms with E-state index >= 15 is 0 Å². The highest BCUT2D eigenvalue weighted by Gasteiger charge is 2.05. The summed E-state index contributed by atoms with van der Waals surface area (Å²) in [5.41, 5.74) is 4.47. The Balaban J connectivity index is 1.86. The van der Waals surface area contributed by atoms with Crippen LogP contribution in [0.5, 0.6) is 0 Å². The Hall–Kier alpha value is -2.85. The van der Waals surface area contributed by atoms with Crippen LogP contribution in [0, 0.1) is 0 Å². The summed E-state index contributed by atoms with van der Waals surface area (Å²) in [6.45, 7) is 0. The molecule has 0 saturated heterocycles. The maximum Gasteiger partial charge on any atom is 0.349 e. The van der Waals surface area contributed by atoms with Crippen LogP contribution in [0.25, 0.3) is 17.0 Å². The second-order valence-corrected chi connectivity index (χ2v) is 5.05. The Morgan fingerprint density at radius 3 is 2.77 bits per heavy atom. The van der Waals surface area contributed by atoms with E-state index in [0.29, 0.717) is 0 Å². The molecule has 4 heteroatoms. The molecule has 0 bridgehead atoms. The van der Waals surface area contributed by atoms with Crippen molar-refractivity contribution < 1.29 is 9.63 Å². The lowest BCUT2D eigenvalue weighted by Gasteiger charge is -2.00. The van der Waals surface area contributed by atoms with E-state index in [-0.39, 0.29) is 0 Å². The fourth-order valence-corrected chi connectivity index (χ4v) is 2.47. The summed E-state index contributed by atoms with van der Waals surface area (Å²) in [5, 5.41) is 1.18. The SMILES string of the molecule is NOC(=O)/C=C/c1ccc2c(Cc3ccccc3)c[nH]c2c1. The zero-order valence-electron chi connectivity index (χ0n) is 12.0. The van der Waals surface area contributed by atoms with Crippen molar-refractivity contribution in [3.63, 3.8) is 0 Å². The smallest absolute Gasteiger partial charge is 0.349 e. The molecular weight excluding hydrogens is 276 g/mol. The molecule has 0 unspecified atom stereocenters. The number of aromatic nitrogens is 1. The summed E-state index contributed by atoms with van der Waals surface area (Å²) in [6, 6.07) is 16.4. The van der Waals surface area contributed by atoms with Crippen LogP contribution in [-0.4, -0.2) is 11.0 Å². The number of hydrogen-bond donors (Lipinski definition) is 2. The van der Waals surface area contributed by atoms with Crippen LogP contribution in [0.4, 0.5) is 0 Å². The van der Waals surface area contributed by atoms with Gasteiger partial charge < -0.3 is 9.82 Å². The third-order valence-corrected chi connectivity index (χ3v) is 3.56. The van der Waals surface area contributed by atoms with E-state index in [0.717, 1.165) is 17.5 Å². The van der Waals surface area contributed by atoms with Gasteiger partial charge in [-0.2, -0.15) is 5.90 Å². The van der Waals surface area contributed by atoms with Crippen molar-refractivity contribution in [1.29, 1.82) is 0 Å². The molecule has 1 aromatic heterocycles. The molecule has 3 rings (SSSR count). The number of hydrogen-bond acceptors (Lipinski definition) is 3. The van der Waals surface area contributed by atoms with E-state index in [9.17, 15) is 4.79 Å². The molecule has 0 atom stereocenters. The minimum atomic E-state index is -0.573. The molecule has 0 amide bonds. The largest absolute Gasteiger partial charge is 0.370 e. The number of benzene rings is 2. The summed E-state index contributed by atoms with van der Waals surface area (Å²) in [5.74, 6) is 4.22. The lowest BCUT2D eigenvalue weighted by Crippen LogP contribution is -2.05. The number of aromatic amines is 1. The van der Waals surface area contributed by atoms with Crippen LogP contribution < -0.4 is 5.90 Å². The highest BCUT2D eigenvalue weighted by atomic mass is 16.7. The number of carbonyl (C=O) groups excluding carboxylic acids is 1. The number of nitrogens with one attached hydrogen (secondary N) is 1. The van der Waals surface area contributed by atoms with Gasteiger partial charge in [0.25, 0.3) is 0 Å². The standard InChI is InChI=1S/C18H16N2O2/c19-22-18(21)9-7-14-6-8-16-15(12-20-17(16)11-14)10-13-4-2-1-3-5-13/h1-9,11-12,20H,10,19H2/b9-7+. The Morgan fingerprint density at radius 1 is 1.18 bits per heavy atom. The summed E-state index contributed by atoms with van der Waals surface area (Å²) < 4.78 is 0. The predicted octanol–water partition coefficient (Wildman–Crippen LogP) is 3.19. The van der Waals surface area contributed by atoms with E-state index in [2.05, 4.69) is 28.0 Å². The highest BCUT2D eigenvalue weighted by Crippen LogP contribution is 2.22. The molecule has 0 radical (unpaired) electrons. The zero-order valence-corrected chi connectivity index (χ0v) is 12.0. The number of fused-ring (bicyclic) bond motifs is 1. The molecule has 22 heavy (non-hydrogen) atoms. The molecule has 0 aliphatic carbocycles. The minimum Gasteiger partial charge on any atom is -0.370 e. The Kier molecular flexibility index (Phi) is 4.03. The fourth-order valence-electron chi connectivity index (χ4n) is 2.47. The molecule has 3 N–H and O–H groups in total. The Bertz CT molecular complexity index is 819. The van der Waals surface area contributed by atoms with Crippen molar-refractivity contribution in [2.45, 2.75) is 6.42 Å². The molecular formula is C18H16N2O2. The maximum atomic E-state index is 11.0. The van der Waals surface area contributed by atoms with Gasteiger partial charge in [-0.1, -0.05) is 42.5 Å². The average molecular weight is 292 g/mol. The molecule has 0 saturated carbocycles. The quantitative estimate of drug-likeness (QED) is 0.573. The number of carbonyl (C=O) groups is 1. The van der Waals surface area contributed by atoms with E-state index in [1.165, 1.54) is 22.6 Å². The van der Waals surface area contributed by atoms with Gasteiger partial charge >= 0.3 is 5.97 Å². The summed E-state index contributed by atoms with van der Waals surface area (Å²) >= 11 is 0. The molecule has 3 aromatic rings. The van der Waals surface area contributed by atoms with Gasteiger partial charge in [0.05, 0.1) is 0 Å². The van der Waals surface area contributed by atoms with Crippen LogP contribution in [0.1, 0.15) is 16.7 Å². The van der Waals surface area contributed by atoms with Gasteiger partial charge in [-0.25, -0.2) is 4.79 Å². The third-order valence-electron chi connectivity index (χ3n) is 3.56. The van der Waals surface area contributed by atoms with Crippen molar-refractivity contribution in [2.75, 3.05) is 0 Å². The Morgan fingerprint density at radius 2 is 2.00 bits per heavy atom. The molecule has 0 fully saturated rings. The number of nitrogens with two attached hydrogens (primary N) is 1. The van der Waals surface area contributed by atoms with Crippen molar-refractivity contribution >= 4 is 22.9 Å². The molecule has 2 aromatic carbocycles. The zero-order chi connectivity index (χ0) is 15.4. The summed E-state index contributed by atoms with van der Waals surface area (Å²) in [4.78, 5) is 18.4. The van der Waals surface area contributed by atoms with Gasteiger partial charge in [0.15, 0.2) is 0 Å². The van der Waals surface area contributed by atoms with Crippen molar-refractivity contribution in [3.8, 4) is 0 Å². The van der Waals surface area contributed by atoms with E-state index in [1.54, 1.807) is 6.08 Å². The van der Waals surface area contributed by atoms with Crippen LogP contribution >= 0.6 is 0 Å². The molecule has 110 valence electrons. The first kappa shape index (κ1) is 14.1. The molecule has 0 aliphatic rings. The van der Waals surface area contributed by atoms with E-state index < -0.39 is 5.97 Å². The van der Waals surface area contributed by atoms with Crippen LogP contribution in [0.3, 0.4) is 0 Å². The van der Waals surface area contributed by atoms with Crippen molar-refractivity contribution in [2.24, 2.45) is 5.90 Å². The van der Waals surface area contributed by atoms with Gasteiger partial charge in [-0.3, -0.25) is 0 Å². The highest BCUT2D eigenvalue weighted by molar-refractivity contribution is 5.89. The second kappa shape index (κ2) is 6.28. The third kappa shape index (κ3) is 3.07. The maximum absolute atomic E-state index is 11.0. The monoisotopic (exact) mass is 292 g/mol. The molecule has 4 nitrogen and oxygen atoms in total. The fraction of sp³-hybridized carbons (Fsp3) is 0.0556.